The normalized spacial score (nSPS) is 38.5. The first kappa shape index (κ1) is 9.96. The molecule has 1 rings (SSSR count). The molecule has 0 spiro atoms. The summed E-state index contributed by atoms with van der Waals surface area (Å²) >= 11 is 0. The summed E-state index contributed by atoms with van der Waals surface area (Å²) in [5.74, 6) is 0.263. The van der Waals surface area contributed by atoms with E-state index in [1.807, 2.05) is 6.92 Å². The highest BCUT2D eigenvalue weighted by atomic mass is 16.3. The Kier molecular flexibility index (Phi) is 3.09. The topological polar surface area (TPSA) is 43.7 Å². The fourth-order valence-corrected chi connectivity index (χ4v) is 2.04. The van der Waals surface area contributed by atoms with Crippen LogP contribution in [0.4, 0.5) is 0 Å². The van der Waals surface area contributed by atoms with Crippen molar-refractivity contribution in [1.82, 2.24) is 4.90 Å². The van der Waals surface area contributed by atoms with Crippen LogP contribution in [0.25, 0.3) is 0 Å². The average Bonchev–Trinajstić information content (AvgIpc) is 2.05. The van der Waals surface area contributed by atoms with Gasteiger partial charge in [-0.2, -0.15) is 0 Å². The number of rotatable bonds is 2. The lowest BCUT2D eigenvalue weighted by molar-refractivity contribution is -0.0196. The standard InChI is InChI=1S/C9H19NO2/c1-9(7-12)6-10(2)4-3-8(9)5-11/h8,11-12H,3-7H2,1-2H3. The van der Waals surface area contributed by atoms with Gasteiger partial charge in [-0.25, -0.2) is 0 Å². The molecular weight excluding hydrogens is 154 g/mol. The van der Waals surface area contributed by atoms with Crippen molar-refractivity contribution in [3.63, 3.8) is 0 Å². The number of likely N-dealkylation sites (tertiary alicyclic amines) is 1. The predicted molar refractivity (Wildman–Crippen MR) is 47.9 cm³/mol. The Labute approximate surface area is 74.0 Å². The van der Waals surface area contributed by atoms with Crippen molar-refractivity contribution in [2.45, 2.75) is 13.3 Å². The minimum atomic E-state index is -0.109. The molecule has 1 aliphatic rings. The predicted octanol–water partition coefficient (Wildman–Crippen LogP) is -0.0710. The summed E-state index contributed by atoms with van der Waals surface area (Å²) in [4.78, 5) is 2.21. The molecule has 2 N–H and O–H groups in total. The first-order valence-corrected chi connectivity index (χ1v) is 4.52. The molecule has 0 radical (unpaired) electrons. The van der Waals surface area contributed by atoms with Crippen LogP contribution in [0.5, 0.6) is 0 Å². The molecular formula is C9H19NO2. The van der Waals surface area contributed by atoms with Gasteiger partial charge in [0.1, 0.15) is 0 Å². The second-order valence-corrected chi connectivity index (χ2v) is 4.22. The molecule has 0 aromatic heterocycles. The van der Waals surface area contributed by atoms with Crippen LogP contribution in [0, 0.1) is 11.3 Å². The minimum Gasteiger partial charge on any atom is -0.396 e. The van der Waals surface area contributed by atoms with Crippen LogP contribution >= 0.6 is 0 Å². The molecule has 0 aliphatic carbocycles. The quantitative estimate of drug-likeness (QED) is 0.614. The van der Waals surface area contributed by atoms with Crippen LogP contribution < -0.4 is 0 Å². The van der Waals surface area contributed by atoms with E-state index in [0.717, 1.165) is 19.5 Å². The largest absolute Gasteiger partial charge is 0.396 e. The first-order chi connectivity index (χ1) is 5.62. The summed E-state index contributed by atoms with van der Waals surface area (Å²) in [6, 6.07) is 0. The summed E-state index contributed by atoms with van der Waals surface area (Å²) in [5.41, 5.74) is -0.109. The van der Waals surface area contributed by atoms with Gasteiger partial charge in [-0.05, 0) is 25.9 Å². The smallest absolute Gasteiger partial charge is 0.0500 e. The maximum absolute atomic E-state index is 9.23. The maximum atomic E-state index is 9.23. The van der Waals surface area contributed by atoms with Crippen LogP contribution in [0.3, 0.4) is 0 Å². The summed E-state index contributed by atoms with van der Waals surface area (Å²) in [5, 5.41) is 18.3. The summed E-state index contributed by atoms with van der Waals surface area (Å²) in [6.07, 6.45) is 0.990. The third kappa shape index (κ3) is 1.79. The Morgan fingerprint density at radius 3 is 2.67 bits per heavy atom. The summed E-state index contributed by atoms with van der Waals surface area (Å²) < 4.78 is 0. The Morgan fingerprint density at radius 2 is 2.17 bits per heavy atom. The van der Waals surface area contributed by atoms with Gasteiger partial charge in [-0.1, -0.05) is 6.92 Å². The Bertz CT molecular complexity index is 151. The molecule has 2 unspecified atom stereocenters. The fourth-order valence-electron chi connectivity index (χ4n) is 2.04. The van der Waals surface area contributed by atoms with Crippen LogP contribution in [-0.2, 0) is 0 Å². The van der Waals surface area contributed by atoms with E-state index >= 15 is 0 Å². The van der Waals surface area contributed by atoms with E-state index < -0.39 is 0 Å². The molecule has 1 saturated heterocycles. The van der Waals surface area contributed by atoms with Gasteiger partial charge in [-0.15, -0.1) is 0 Å². The fraction of sp³-hybridized carbons (Fsp3) is 1.00. The van der Waals surface area contributed by atoms with Crippen LogP contribution in [0.1, 0.15) is 13.3 Å². The molecule has 0 saturated carbocycles. The number of aliphatic hydroxyl groups excluding tert-OH is 2. The van der Waals surface area contributed by atoms with Crippen molar-refractivity contribution in [1.29, 1.82) is 0 Å². The van der Waals surface area contributed by atoms with Crippen LogP contribution in [0.15, 0.2) is 0 Å². The third-order valence-corrected chi connectivity index (χ3v) is 3.06. The van der Waals surface area contributed by atoms with Crippen molar-refractivity contribution < 1.29 is 10.2 Å². The molecule has 2 atom stereocenters. The second-order valence-electron chi connectivity index (χ2n) is 4.22. The van der Waals surface area contributed by atoms with E-state index in [0.29, 0.717) is 0 Å². The zero-order valence-electron chi connectivity index (χ0n) is 7.95. The van der Waals surface area contributed by atoms with Gasteiger partial charge in [-0.3, -0.25) is 0 Å². The number of nitrogens with zero attached hydrogens (tertiary/aromatic N) is 1. The van der Waals surface area contributed by atoms with E-state index in [4.69, 9.17) is 5.11 Å². The monoisotopic (exact) mass is 173 g/mol. The van der Waals surface area contributed by atoms with E-state index in [9.17, 15) is 5.11 Å². The van der Waals surface area contributed by atoms with Gasteiger partial charge in [0, 0.05) is 18.6 Å². The number of piperidine rings is 1. The highest BCUT2D eigenvalue weighted by Crippen LogP contribution is 2.33. The molecule has 0 aromatic carbocycles. The summed E-state index contributed by atoms with van der Waals surface area (Å²) in [6.45, 7) is 4.33. The average molecular weight is 173 g/mol. The highest BCUT2D eigenvalue weighted by molar-refractivity contribution is 4.88. The highest BCUT2D eigenvalue weighted by Gasteiger charge is 2.37. The molecule has 0 amide bonds. The van der Waals surface area contributed by atoms with Crippen molar-refractivity contribution in [2.24, 2.45) is 11.3 Å². The minimum absolute atomic E-state index is 0.109. The molecule has 3 nitrogen and oxygen atoms in total. The third-order valence-electron chi connectivity index (χ3n) is 3.06. The van der Waals surface area contributed by atoms with Crippen LogP contribution in [-0.4, -0.2) is 48.5 Å². The lowest BCUT2D eigenvalue weighted by Gasteiger charge is -2.43. The van der Waals surface area contributed by atoms with Gasteiger partial charge in [0.05, 0.1) is 6.61 Å². The van der Waals surface area contributed by atoms with Crippen LogP contribution in [0.2, 0.25) is 0 Å². The molecule has 72 valence electrons. The number of aliphatic hydroxyl groups is 2. The molecule has 0 bridgehead atoms. The van der Waals surface area contributed by atoms with Crippen molar-refractivity contribution >= 4 is 0 Å². The van der Waals surface area contributed by atoms with Gasteiger partial charge < -0.3 is 15.1 Å². The molecule has 12 heavy (non-hydrogen) atoms. The van der Waals surface area contributed by atoms with E-state index in [2.05, 4.69) is 11.9 Å². The van der Waals surface area contributed by atoms with E-state index in [1.165, 1.54) is 0 Å². The van der Waals surface area contributed by atoms with Gasteiger partial charge in [0.15, 0.2) is 0 Å². The Balaban J connectivity index is 2.63. The number of hydrogen-bond acceptors (Lipinski definition) is 3. The SMILES string of the molecule is CN1CCC(CO)C(C)(CO)C1. The van der Waals surface area contributed by atoms with E-state index in [-0.39, 0.29) is 24.5 Å². The lowest BCUT2D eigenvalue weighted by atomic mass is 9.73. The number of hydrogen-bond donors (Lipinski definition) is 2. The first-order valence-electron chi connectivity index (χ1n) is 4.52. The lowest BCUT2D eigenvalue weighted by Crippen LogP contribution is -2.48. The van der Waals surface area contributed by atoms with Crippen molar-refractivity contribution in [2.75, 3.05) is 33.4 Å². The Hall–Kier alpha value is -0.120. The zero-order valence-corrected chi connectivity index (χ0v) is 7.95. The maximum Gasteiger partial charge on any atom is 0.0500 e. The van der Waals surface area contributed by atoms with Gasteiger partial charge in [0.25, 0.3) is 0 Å². The molecule has 3 heteroatoms. The molecule has 1 fully saturated rings. The molecule has 1 heterocycles. The molecule has 1 aliphatic heterocycles. The second kappa shape index (κ2) is 3.73. The zero-order chi connectivity index (χ0) is 9.19. The van der Waals surface area contributed by atoms with Crippen molar-refractivity contribution in [3.05, 3.63) is 0 Å². The van der Waals surface area contributed by atoms with E-state index in [1.54, 1.807) is 0 Å². The van der Waals surface area contributed by atoms with Crippen molar-refractivity contribution in [3.8, 4) is 0 Å². The molecule has 0 aromatic rings. The summed E-state index contributed by atoms with van der Waals surface area (Å²) in [7, 11) is 2.06. The van der Waals surface area contributed by atoms with Gasteiger partial charge in [0.2, 0.25) is 0 Å². The van der Waals surface area contributed by atoms with Gasteiger partial charge >= 0.3 is 0 Å². The Morgan fingerprint density at radius 1 is 1.50 bits per heavy atom.